The Kier molecular flexibility index (Phi) is 10.7. The van der Waals surface area contributed by atoms with E-state index in [-0.39, 0.29) is 0 Å². The maximum absolute atomic E-state index is 10.5. The van der Waals surface area contributed by atoms with E-state index in [0.29, 0.717) is 51.2 Å². The number of aliphatic imine (C=N–C) groups is 1. The summed E-state index contributed by atoms with van der Waals surface area (Å²) in [5, 5.41) is 16.9. The highest BCUT2D eigenvalue weighted by molar-refractivity contribution is 5.79. The molecule has 0 aliphatic carbocycles. The number of aliphatic hydroxyl groups is 1. The van der Waals surface area contributed by atoms with Crippen molar-refractivity contribution >= 4 is 5.96 Å². The van der Waals surface area contributed by atoms with Crippen LogP contribution in [0.4, 0.5) is 0 Å². The van der Waals surface area contributed by atoms with Crippen LogP contribution >= 0.6 is 0 Å². The Hall–Kier alpha value is -2.77. The largest absolute Gasteiger partial charge is 0.497 e. The van der Waals surface area contributed by atoms with Crippen LogP contribution < -0.4 is 20.1 Å². The summed E-state index contributed by atoms with van der Waals surface area (Å²) in [4.78, 5) is 4.67. The second-order valence-corrected chi connectivity index (χ2v) is 7.03. The summed E-state index contributed by atoms with van der Waals surface area (Å²) in [5.74, 6) is 2.16. The minimum Gasteiger partial charge on any atom is -0.497 e. The van der Waals surface area contributed by atoms with Crippen LogP contribution in [0.15, 0.2) is 47.5 Å². The lowest BCUT2D eigenvalue weighted by Crippen LogP contribution is -2.39. The van der Waals surface area contributed by atoms with Gasteiger partial charge in [0.25, 0.3) is 0 Å². The van der Waals surface area contributed by atoms with Crippen LogP contribution in [-0.4, -0.2) is 51.1 Å². The van der Waals surface area contributed by atoms with Crippen LogP contribution in [0, 0.1) is 6.92 Å². The van der Waals surface area contributed by atoms with Gasteiger partial charge < -0.3 is 30.0 Å². The fourth-order valence-corrected chi connectivity index (χ4v) is 2.95. The molecule has 0 aromatic heterocycles. The number of nitrogens with one attached hydrogen (secondary N) is 2. The highest BCUT2D eigenvalue weighted by Crippen LogP contribution is 2.21. The van der Waals surface area contributed by atoms with Gasteiger partial charge in [-0.25, -0.2) is 4.99 Å². The molecule has 1 atom stereocenters. The van der Waals surface area contributed by atoms with Crippen LogP contribution in [0.5, 0.6) is 11.5 Å². The van der Waals surface area contributed by atoms with E-state index < -0.39 is 6.10 Å². The molecule has 0 saturated carbocycles. The molecular formula is C24H35N3O4. The van der Waals surface area contributed by atoms with Gasteiger partial charge in [0, 0.05) is 25.3 Å². The third-order valence-electron chi connectivity index (χ3n) is 4.61. The van der Waals surface area contributed by atoms with Crippen molar-refractivity contribution in [3.63, 3.8) is 0 Å². The van der Waals surface area contributed by atoms with Crippen molar-refractivity contribution in [2.24, 2.45) is 4.99 Å². The zero-order valence-electron chi connectivity index (χ0n) is 19.0. The monoisotopic (exact) mass is 429 g/mol. The number of guanidine groups is 1. The number of hydrogen-bond acceptors (Lipinski definition) is 5. The van der Waals surface area contributed by atoms with Crippen molar-refractivity contribution in [1.29, 1.82) is 0 Å². The zero-order chi connectivity index (χ0) is 22.5. The minimum absolute atomic E-state index is 0.324. The lowest BCUT2D eigenvalue weighted by atomic mass is 10.1. The van der Waals surface area contributed by atoms with Crippen LogP contribution in [0.25, 0.3) is 0 Å². The van der Waals surface area contributed by atoms with Crippen LogP contribution in [0.3, 0.4) is 0 Å². The van der Waals surface area contributed by atoms with E-state index in [9.17, 15) is 5.11 Å². The number of rotatable bonds is 12. The number of ether oxygens (including phenoxy) is 3. The van der Waals surface area contributed by atoms with Crippen molar-refractivity contribution in [2.75, 3.05) is 40.0 Å². The first kappa shape index (κ1) is 24.5. The van der Waals surface area contributed by atoms with Gasteiger partial charge in [0.2, 0.25) is 0 Å². The molecular weight excluding hydrogens is 394 g/mol. The predicted octanol–water partition coefficient (Wildman–Crippen LogP) is 3.21. The Morgan fingerprint density at radius 2 is 1.94 bits per heavy atom. The normalized spacial score (nSPS) is 12.4. The molecule has 7 heteroatoms. The Bertz CT molecular complexity index is 826. The Morgan fingerprint density at radius 1 is 1.10 bits per heavy atom. The molecule has 0 heterocycles. The quantitative estimate of drug-likeness (QED) is 0.273. The topological polar surface area (TPSA) is 84.3 Å². The molecule has 31 heavy (non-hydrogen) atoms. The second kappa shape index (κ2) is 13.5. The number of nitrogens with zero attached hydrogens (tertiary/aromatic N) is 1. The van der Waals surface area contributed by atoms with Crippen LogP contribution in [-0.2, 0) is 11.3 Å². The third-order valence-corrected chi connectivity index (χ3v) is 4.61. The van der Waals surface area contributed by atoms with Gasteiger partial charge in [-0.15, -0.1) is 0 Å². The maximum Gasteiger partial charge on any atom is 0.191 e. The van der Waals surface area contributed by atoms with Crippen LogP contribution in [0.2, 0.25) is 0 Å². The number of benzene rings is 2. The highest BCUT2D eigenvalue weighted by Gasteiger charge is 2.10. The van der Waals surface area contributed by atoms with E-state index in [0.717, 1.165) is 22.4 Å². The molecule has 0 saturated heterocycles. The van der Waals surface area contributed by atoms with Gasteiger partial charge in [0.05, 0.1) is 26.4 Å². The molecule has 0 spiro atoms. The van der Waals surface area contributed by atoms with Crippen molar-refractivity contribution in [2.45, 2.75) is 33.4 Å². The summed E-state index contributed by atoms with van der Waals surface area (Å²) < 4.78 is 16.5. The number of hydrogen-bond donors (Lipinski definition) is 3. The molecule has 0 aliphatic heterocycles. The van der Waals surface area contributed by atoms with Crippen molar-refractivity contribution in [1.82, 2.24) is 10.6 Å². The summed E-state index contributed by atoms with van der Waals surface area (Å²) in [6.07, 6.45) is -0.684. The molecule has 2 aromatic carbocycles. The molecule has 1 unspecified atom stereocenters. The molecule has 7 nitrogen and oxygen atoms in total. The fourth-order valence-electron chi connectivity index (χ4n) is 2.95. The first-order valence-corrected chi connectivity index (χ1v) is 10.7. The molecule has 0 amide bonds. The molecule has 0 bridgehead atoms. The molecule has 2 rings (SSSR count). The van der Waals surface area contributed by atoms with Gasteiger partial charge in [-0.05, 0) is 50.1 Å². The standard InChI is InChI=1S/C24H35N3O4/c1-5-25-24(27-17-22(28)19-8-7-9-21(15-19)29-4)26-16-20-11-10-18(3)14-23(20)31-13-12-30-6-2/h7-11,14-15,22,28H,5-6,12-13,16-17H2,1-4H3,(H2,25,26,27). The third kappa shape index (κ3) is 8.47. The SMILES string of the molecule is CCNC(=NCc1ccc(C)cc1OCCOCC)NCC(O)c1cccc(OC)c1. The van der Waals surface area contributed by atoms with Crippen LogP contribution in [0.1, 0.15) is 36.6 Å². The average Bonchev–Trinajstić information content (AvgIpc) is 2.79. The maximum atomic E-state index is 10.5. The van der Waals surface area contributed by atoms with Crippen molar-refractivity contribution in [3.8, 4) is 11.5 Å². The molecule has 170 valence electrons. The lowest BCUT2D eigenvalue weighted by molar-refractivity contribution is 0.110. The summed E-state index contributed by atoms with van der Waals surface area (Å²) >= 11 is 0. The molecule has 3 N–H and O–H groups in total. The summed E-state index contributed by atoms with van der Waals surface area (Å²) in [7, 11) is 1.61. The van der Waals surface area contributed by atoms with E-state index in [1.165, 1.54) is 0 Å². The van der Waals surface area contributed by atoms with Gasteiger partial charge in [0.15, 0.2) is 5.96 Å². The van der Waals surface area contributed by atoms with E-state index in [4.69, 9.17) is 14.2 Å². The van der Waals surface area contributed by atoms with Gasteiger partial charge in [-0.3, -0.25) is 0 Å². The molecule has 0 radical (unpaired) electrons. The van der Waals surface area contributed by atoms with Crippen molar-refractivity contribution < 1.29 is 19.3 Å². The first-order valence-electron chi connectivity index (χ1n) is 10.7. The number of aryl methyl sites for hydroxylation is 1. The molecule has 2 aromatic rings. The molecule has 0 aliphatic rings. The Balaban J connectivity index is 2.01. The summed E-state index contributed by atoms with van der Waals surface area (Å²) in [6, 6.07) is 13.5. The van der Waals surface area contributed by atoms with E-state index >= 15 is 0 Å². The van der Waals surface area contributed by atoms with Gasteiger partial charge in [-0.2, -0.15) is 0 Å². The zero-order valence-corrected chi connectivity index (χ0v) is 19.0. The Morgan fingerprint density at radius 3 is 2.68 bits per heavy atom. The highest BCUT2D eigenvalue weighted by atomic mass is 16.5. The smallest absolute Gasteiger partial charge is 0.191 e. The van der Waals surface area contributed by atoms with E-state index in [1.807, 2.05) is 63.2 Å². The average molecular weight is 430 g/mol. The second-order valence-electron chi connectivity index (χ2n) is 7.03. The summed E-state index contributed by atoms with van der Waals surface area (Å²) in [6.45, 7) is 9.23. The van der Waals surface area contributed by atoms with Gasteiger partial charge >= 0.3 is 0 Å². The van der Waals surface area contributed by atoms with Gasteiger partial charge in [-0.1, -0.05) is 24.3 Å². The van der Waals surface area contributed by atoms with Gasteiger partial charge in [0.1, 0.15) is 18.1 Å². The number of methoxy groups -OCH3 is 1. The number of aliphatic hydroxyl groups excluding tert-OH is 1. The minimum atomic E-state index is -0.684. The molecule has 0 fully saturated rings. The Labute approximate surface area is 185 Å². The predicted molar refractivity (Wildman–Crippen MR) is 124 cm³/mol. The van der Waals surface area contributed by atoms with E-state index in [1.54, 1.807) is 7.11 Å². The lowest BCUT2D eigenvalue weighted by Gasteiger charge is -2.16. The van der Waals surface area contributed by atoms with E-state index in [2.05, 4.69) is 15.6 Å². The first-order chi connectivity index (χ1) is 15.1. The summed E-state index contributed by atoms with van der Waals surface area (Å²) in [5.41, 5.74) is 2.91. The van der Waals surface area contributed by atoms with Crippen molar-refractivity contribution in [3.05, 3.63) is 59.2 Å². The fraction of sp³-hybridized carbons (Fsp3) is 0.458.